The Balaban J connectivity index is 1.81. The zero-order chi connectivity index (χ0) is 19.2. The highest BCUT2D eigenvalue weighted by molar-refractivity contribution is 6.35. The molecular weight excluding hydrogens is 389 g/mol. The van der Waals surface area contributed by atoms with Crippen LogP contribution in [0.25, 0.3) is 0 Å². The Labute approximate surface area is 167 Å². The molecule has 3 rings (SSSR count). The summed E-state index contributed by atoms with van der Waals surface area (Å²) >= 11 is 12.2. The number of tetrazole rings is 1. The van der Waals surface area contributed by atoms with Crippen LogP contribution in [0.15, 0.2) is 36.4 Å². The molecule has 0 spiro atoms. The van der Waals surface area contributed by atoms with Crippen LogP contribution in [0.3, 0.4) is 0 Å². The smallest absolute Gasteiger partial charge is 0.242 e. The second-order valence-electron chi connectivity index (χ2n) is 5.68. The molecule has 7 nitrogen and oxygen atoms in total. The van der Waals surface area contributed by atoms with Gasteiger partial charge in [-0.2, -0.15) is 0 Å². The van der Waals surface area contributed by atoms with Gasteiger partial charge < -0.3 is 14.8 Å². The Bertz CT molecular complexity index is 917. The highest BCUT2D eigenvalue weighted by Crippen LogP contribution is 2.33. The van der Waals surface area contributed by atoms with Gasteiger partial charge >= 0.3 is 0 Å². The largest absolute Gasteiger partial charge is 0.490 e. The second-order valence-corrected chi connectivity index (χ2v) is 6.53. The van der Waals surface area contributed by atoms with Crippen molar-refractivity contribution in [1.29, 1.82) is 0 Å². The summed E-state index contributed by atoms with van der Waals surface area (Å²) < 4.78 is 13.4. The van der Waals surface area contributed by atoms with E-state index in [-0.39, 0.29) is 0 Å². The first-order chi connectivity index (χ1) is 13.1. The lowest BCUT2D eigenvalue weighted by atomic mass is 10.1. The van der Waals surface area contributed by atoms with Crippen molar-refractivity contribution >= 4 is 29.2 Å². The minimum Gasteiger partial charge on any atom is -0.490 e. The van der Waals surface area contributed by atoms with Crippen LogP contribution < -0.4 is 14.8 Å². The number of ether oxygens (including phenoxy) is 2. The summed E-state index contributed by atoms with van der Waals surface area (Å²) in [7, 11) is 1.76. The summed E-state index contributed by atoms with van der Waals surface area (Å²) in [5.41, 5.74) is 1.75. The third kappa shape index (κ3) is 4.81. The van der Waals surface area contributed by atoms with Crippen molar-refractivity contribution in [1.82, 2.24) is 20.2 Å². The molecule has 0 unspecified atom stereocenters. The Morgan fingerprint density at radius 2 is 1.96 bits per heavy atom. The molecule has 2 aromatic carbocycles. The maximum absolute atomic E-state index is 6.25. The maximum Gasteiger partial charge on any atom is 0.242 e. The lowest BCUT2D eigenvalue weighted by Crippen LogP contribution is -2.09. The molecule has 9 heteroatoms. The fourth-order valence-electron chi connectivity index (χ4n) is 2.48. The van der Waals surface area contributed by atoms with Gasteiger partial charge in [-0.3, -0.25) is 0 Å². The van der Waals surface area contributed by atoms with Gasteiger partial charge in [0, 0.05) is 34.8 Å². The molecule has 27 heavy (non-hydrogen) atoms. The number of aromatic nitrogens is 4. The van der Waals surface area contributed by atoms with E-state index in [1.54, 1.807) is 23.9 Å². The van der Waals surface area contributed by atoms with Gasteiger partial charge in [-0.1, -0.05) is 46.5 Å². The molecule has 0 radical (unpaired) electrons. The van der Waals surface area contributed by atoms with Gasteiger partial charge in [-0.05, 0) is 35.5 Å². The van der Waals surface area contributed by atoms with Gasteiger partial charge in [-0.15, -0.1) is 0 Å². The van der Waals surface area contributed by atoms with Crippen LogP contribution in [0.5, 0.6) is 11.5 Å². The molecule has 0 saturated carbocycles. The van der Waals surface area contributed by atoms with Crippen molar-refractivity contribution in [3.05, 3.63) is 57.6 Å². The number of anilines is 1. The summed E-state index contributed by atoms with van der Waals surface area (Å²) in [6.07, 6.45) is 0. The molecule has 0 saturated heterocycles. The standard InChI is InChI=1S/C18H19Cl2N5O2/c1-3-26-16-6-4-5-12(10-21-18-22-23-24-25(18)2)17(16)27-11-13-7-8-14(19)9-15(13)20/h4-9H,3,10-11H2,1-2H3,(H,21,22,24). The predicted octanol–water partition coefficient (Wildman–Crippen LogP) is 4.11. The van der Waals surface area contributed by atoms with Crippen LogP contribution in [0.1, 0.15) is 18.1 Å². The average molecular weight is 408 g/mol. The number of aryl methyl sites for hydroxylation is 1. The minimum atomic E-state index is 0.290. The minimum absolute atomic E-state index is 0.290. The maximum atomic E-state index is 6.25. The van der Waals surface area contributed by atoms with E-state index in [1.165, 1.54) is 0 Å². The van der Waals surface area contributed by atoms with E-state index in [1.807, 2.05) is 31.2 Å². The molecule has 0 aliphatic heterocycles. The third-order valence-electron chi connectivity index (χ3n) is 3.80. The average Bonchev–Trinajstić information content (AvgIpc) is 3.05. The number of benzene rings is 2. The summed E-state index contributed by atoms with van der Waals surface area (Å²) in [6.45, 7) is 3.22. The van der Waals surface area contributed by atoms with Gasteiger partial charge in [0.1, 0.15) is 6.61 Å². The van der Waals surface area contributed by atoms with Crippen LogP contribution >= 0.6 is 23.2 Å². The van der Waals surface area contributed by atoms with Gasteiger partial charge in [0.05, 0.1) is 6.61 Å². The van der Waals surface area contributed by atoms with Crippen molar-refractivity contribution in [2.45, 2.75) is 20.1 Å². The van der Waals surface area contributed by atoms with Gasteiger partial charge in [0.2, 0.25) is 5.95 Å². The van der Waals surface area contributed by atoms with E-state index in [4.69, 9.17) is 32.7 Å². The van der Waals surface area contributed by atoms with E-state index in [2.05, 4.69) is 20.8 Å². The fraction of sp³-hybridized carbons (Fsp3) is 0.278. The number of rotatable bonds is 8. The van der Waals surface area contributed by atoms with Crippen LogP contribution in [0, 0.1) is 0 Å². The molecule has 0 bridgehead atoms. The second kappa shape index (κ2) is 8.92. The van der Waals surface area contributed by atoms with Gasteiger partial charge in [0.25, 0.3) is 0 Å². The first-order valence-electron chi connectivity index (χ1n) is 8.36. The topological polar surface area (TPSA) is 74.1 Å². The number of hydrogen-bond acceptors (Lipinski definition) is 6. The lowest BCUT2D eigenvalue weighted by molar-refractivity contribution is 0.267. The third-order valence-corrected chi connectivity index (χ3v) is 4.39. The van der Waals surface area contributed by atoms with Crippen LogP contribution in [-0.2, 0) is 20.2 Å². The van der Waals surface area contributed by atoms with E-state index < -0.39 is 0 Å². The Hall–Kier alpha value is -2.51. The zero-order valence-corrected chi connectivity index (χ0v) is 16.5. The SMILES string of the molecule is CCOc1cccc(CNc2nnnn2C)c1OCc1ccc(Cl)cc1Cl. The first kappa shape index (κ1) is 19.3. The van der Waals surface area contributed by atoms with Crippen molar-refractivity contribution in [3.8, 4) is 11.5 Å². The Morgan fingerprint density at radius 3 is 2.67 bits per heavy atom. The summed E-state index contributed by atoms with van der Waals surface area (Å²) in [4.78, 5) is 0. The molecule has 3 aromatic rings. The molecule has 1 N–H and O–H groups in total. The lowest BCUT2D eigenvalue weighted by Gasteiger charge is -2.17. The molecule has 0 amide bonds. The predicted molar refractivity (Wildman–Crippen MR) is 105 cm³/mol. The molecule has 1 heterocycles. The Morgan fingerprint density at radius 1 is 1.11 bits per heavy atom. The number of halogens is 2. The highest BCUT2D eigenvalue weighted by Gasteiger charge is 2.13. The van der Waals surface area contributed by atoms with E-state index >= 15 is 0 Å². The number of nitrogens with one attached hydrogen (secondary N) is 1. The van der Waals surface area contributed by atoms with Crippen LogP contribution in [-0.4, -0.2) is 26.8 Å². The highest BCUT2D eigenvalue weighted by atomic mass is 35.5. The first-order valence-corrected chi connectivity index (χ1v) is 9.11. The van der Waals surface area contributed by atoms with Crippen molar-refractivity contribution in [2.75, 3.05) is 11.9 Å². The number of hydrogen-bond donors (Lipinski definition) is 1. The fourth-order valence-corrected chi connectivity index (χ4v) is 2.94. The molecule has 0 aliphatic carbocycles. The van der Waals surface area contributed by atoms with Crippen LogP contribution in [0.4, 0.5) is 5.95 Å². The zero-order valence-electron chi connectivity index (χ0n) is 14.9. The molecule has 0 aliphatic rings. The van der Waals surface area contributed by atoms with Gasteiger partial charge in [-0.25, -0.2) is 4.68 Å². The number of para-hydroxylation sites is 1. The molecule has 0 fully saturated rings. The van der Waals surface area contributed by atoms with Crippen molar-refractivity contribution in [3.63, 3.8) is 0 Å². The Kier molecular flexibility index (Phi) is 6.36. The molecule has 0 atom stereocenters. The van der Waals surface area contributed by atoms with E-state index in [0.717, 1.165) is 11.1 Å². The number of nitrogens with zero attached hydrogens (tertiary/aromatic N) is 4. The molecule has 142 valence electrons. The summed E-state index contributed by atoms with van der Waals surface area (Å²) in [5, 5.41) is 15.7. The van der Waals surface area contributed by atoms with Crippen molar-refractivity contribution in [2.24, 2.45) is 7.05 Å². The summed E-state index contributed by atoms with van der Waals surface area (Å²) in [6, 6.07) is 11.1. The quantitative estimate of drug-likeness (QED) is 0.605. The summed E-state index contributed by atoms with van der Waals surface area (Å²) in [5.74, 6) is 1.87. The molecular formula is C18H19Cl2N5O2. The van der Waals surface area contributed by atoms with E-state index in [9.17, 15) is 0 Å². The monoisotopic (exact) mass is 407 g/mol. The van der Waals surface area contributed by atoms with Crippen LogP contribution in [0.2, 0.25) is 10.0 Å². The van der Waals surface area contributed by atoms with Gasteiger partial charge in [0.15, 0.2) is 11.5 Å². The molecule has 1 aromatic heterocycles. The van der Waals surface area contributed by atoms with E-state index in [0.29, 0.717) is 47.3 Å². The normalized spacial score (nSPS) is 10.7. The van der Waals surface area contributed by atoms with Crippen molar-refractivity contribution < 1.29 is 9.47 Å².